The van der Waals surface area contributed by atoms with Gasteiger partial charge in [-0.1, -0.05) is 0 Å². The molecule has 1 fully saturated rings. The van der Waals surface area contributed by atoms with Gasteiger partial charge in [0, 0.05) is 25.0 Å². The van der Waals surface area contributed by atoms with E-state index in [0.717, 1.165) is 18.6 Å². The highest BCUT2D eigenvalue weighted by Gasteiger charge is 2.30. The van der Waals surface area contributed by atoms with Gasteiger partial charge in [0.25, 0.3) is 5.91 Å². The number of nitriles is 1. The minimum absolute atomic E-state index is 0.0630. The quantitative estimate of drug-likeness (QED) is 0.923. The first-order valence-corrected chi connectivity index (χ1v) is 7.83. The Morgan fingerprint density at radius 2 is 2.16 bits per heavy atom. The molecule has 1 unspecified atom stereocenters. The maximum Gasteiger partial charge on any atom is 0.270 e. The van der Waals surface area contributed by atoms with Crippen molar-refractivity contribution in [3.63, 3.8) is 0 Å². The van der Waals surface area contributed by atoms with Gasteiger partial charge in [-0.05, 0) is 25.0 Å². The van der Waals surface area contributed by atoms with Crippen LogP contribution in [0.25, 0.3) is 10.9 Å². The number of benzene rings is 1. The van der Waals surface area contributed by atoms with E-state index in [9.17, 15) is 18.4 Å². The molecule has 1 aliphatic heterocycles. The number of rotatable bonds is 3. The summed E-state index contributed by atoms with van der Waals surface area (Å²) in [6.07, 6.45) is 1.39. The van der Waals surface area contributed by atoms with E-state index in [-0.39, 0.29) is 29.0 Å². The van der Waals surface area contributed by atoms with Crippen LogP contribution in [0, 0.1) is 23.0 Å². The van der Waals surface area contributed by atoms with Gasteiger partial charge in [-0.2, -0.15) is 5.26 Å². The number of likely N-dealkylation sites (N-methyl/N-ethyl adjacent to an activating group) is 1. The van der Waals surface area contributed by atoms with Crippen LogP contribution in [-0.2, 0) is 4.79 Å². The summed E-state index contributed by atoms with van der Waals surface area (Å²) in [5.74, 6) is -2.34. The lowest BCUT2D eigenvalue weighted by Gasteiger charge is -2.23. The Morgan fingerprint density at radius 1 is 1.40 bits per heavy atom. The Balaban J connectivity index is 1.75. The standard InChI is InChI=1S/C17H16F2N4O2/c1-22(9-16(24)23-4-2-3-11(23)8-20)17(25)15-7-12-13(19)5-10(18)6-14(12)21-15/h5-7,11,21H,2-4,9H2,1H3. The molecule has 130 valence electrons. The Kier molecular flexibility index (Phi) is 4.40. The Labute approximate surface area is 142 Å². The number of carbonyl (C=O) groups is 2. The first-order chi connectivity index (χ1) is 11.9. The number of fused-ring (bicyclic) bond motifs is 1. The van der Waals surface area contributed by atoms with Gasteiger partial charge < -0.3 is 14.8 Å². The van der Waals surface area contributed by atoms with Crippen LogP contribution in [0.4, 0.5) is 8.78 Å². The predicted octanol–water partition coefficient (Wildman–Crippen LogP) is 2.03. The molecule has 3 rings (SSSR count). The van der Waals surface area contributed by atoms with Gasteiger partial charge >= 0.3 is 0 Å². The summed E-state index contributed by atoms with van der Waals surface area (Å²) in [5, 5.41) is 9.15. The Morgan fingerprint density at radius 3 is 2.88 bits per heavy atom. The van der Waals surface area contributed by atoms with Crippen LogP contribution < -0.4 is 0 Å². The molecule has 1 atom stereocenters. The molecule has 1 aromatic carbocycles. The highest BCUT2D eigenvalue weighted by molar-refractivity contribution is 5.99. The lowest BCUT2D eigenvalue weighted by atomic mass is 10.2. The maximum atomic E-state index is 13.7. The Hall–Kier alpha value is -2.95. The maximum absolute atomic E-state index is 13.7. The smallest absolute Gasteiger partial charge is 0.270 e. The number of hydrogen-bond donors (Lipinski definition) is 1. The molecule has 1 aliphatic rings. The van der Waals surface area contributed by atoms with E-state index in [0.29, 0.717) is 13.0 Å². The first-order valence-electron chi connectivity index (χ1n) is 7.83. The lowest BCUT2D eigenvalue weighted by molar-refractivity contribution is -0.131. The summed E-state index contributed by atoms with van der Waals surface area (Å²) < 4.78 is 27.0. The van der Waals surface area contributed by atoms with Gasteiger partial charge in [0.15, 0.2) is 0 Å². The molecule has 2 heterocycles. The van der Waals surface area contributed by atoms with Gasteiger partial charge in [-0.3, -0.25) is 9.59 Å². The summed E-state index contributed by atoms with van der Waals surface area (Å²) in [7, 11) is 1.44. The molecular formula is C17H16F2N4O2. The zero-order chi connectivity index (χ0) is 18.1. The van der Waals surface area contributed by atoms with Crippen molar-refractivity contribution in [2.24, 2.45) is 0 Å². The summed E-state index contributed by atoms with van der Waals surface area (Å²) in [6.45, 7) is 0.305. The second-order valence-electron chi connectivity index (χ2n) is 6.07. The van der Waals surface area contributed by atoms with Crippen LogP contribution in [0.15, 0.2) is 18.2 Å². The molecule has 0 aliphatic carbocycles. The monoisotopic (exact) mass is 346 g/mol. The number of hydrogen-bond acceptors (Lipinski definition) is 3. The number of aromatic amines is 1. The average molecular weight is 346 g/mol. The van der Waals surface area contributed by atoms with E-state index in [1.165, 1.54) is 22.9 Å². The normalized spacial score (nSPS) is 16.9. The fourth-order valence-electron chi connectivity index (χ4n) is 3.05. The van der Waals surface area contributed by atoms with E-state index >= 15 is 0 Å². The van der Waals surface area contributed by atoms with Gasteiger partial charge in [0.1, 0.15) is 23.4 Å². The molecule has 1 saturated heterocycles. The van der Waals surface area contributed by atoms with Gasteiger partial charge in [0.2, 0.25) is 5.91 Å². The van der Waals surface area contributed by atoms with Gasteiger partial charge in [-0.25, -0.2) is 8.78 Å². The molecule has 0 radical (unpaired) electrons. The van der Waals surface area contributed by atoms with E-state index in [4.69, 9.17) is 5.26 Å². The van der Waals surface area contributed by atoms with E-state index in [2.05, 4.69) is 11.1 Å². The van der Waals surface area contributed by atoms with Crippen molar-refractivity contribution in [1.29, 1.82) is 5.26 Å². The Bertz CT molecular complexity index is 887. The fraction of sp³-hybridized carbons (Fsp3) is 0.353. The second kappa shape index (κ2) is 6.51. The van der Waals surface area contributed by atoms with Crippen molar-refractivity contribution < 1.29 is 18.4 Å². The van der Waals surface area contributed by atoms with Crippen LogP contribution in [-0.4, -0.2) is 52.8 Å². The number of carbonyl (C=O) groups excluding carboxylic acids is 2. The third-order valence-corrected chi connectivity index (χ3v) is 4.32. The zero-order valence-electron chi connectivity index (χ0n) is 13.6. The molecule has 0 spiro atoms. The molecule has 2 aromatic rings. The molecule has 0 bridgehead atoms. The molecule has 8 heteroatoms. The SMILES string of the molecule is CN(CC(=O)N1CCCC1C#N)C(=O)c1cc2c(F)cc(F)cc2[nH]1. The highest BCUT2D eigenvalue weighted by Crippen LogP contribution is 2.21. The minimum atomic E-state index is -0.766. The number of nitrogens with one attached hydrogen (secondary N) is 1. The molecule has 1 N–H and O–H groups in total. The molecular weight excluding hydrogens is 330 g/mol. The van der Waals surface area contributed by atoms with Crippen molar-refractivity contribution >= 4 is 22.7 Å². The number of halogens is 2. The molecule has 25 heavy (non-hydrogen) atoms. The first kappa shape index (κ1) is 16.9. The average Bonchev–Trinajstić information content (AvgIpc) is 3.20. The lowest BCUT2D eigenvalue weighted by Crippen LogP contribution is -2.43. The largest absolute Gasteiger partial charge is 0.350 e. The third-order valence-electron chi connectivity index (χ3n) is 4.32. The van der Waals surface area contributed by atoms with Crippen molar-refractivity contribution in [3.05, 3.63) is 35.5 Å². The van der Waals surface area contributed by atoms with Crippen LogP contribution in [0.2, 0.25) is 0 Å². The molecule has 0 saturated carbocycles. The summed E-state index contributed by atoms with van der Waals surface area (Å²) in [6, 6.07) is 4.75. The highest BCUT2D eigenvalue weighted by atomic mass is 19.1. The van der Waals surface area contributed by atoms with Crippen LogP contribution in [0.1, 0.15) is 23.3 Å². The van der Waals surface area contributed by atoms with Crippen molar-refractivity contribution in [2.75, 3.05) is 20.1 Å². The zero-order valence-corrected chi connectivity index (χ0v) is 13.6. The van der Waals surface area contributed by atoms with E-state index < -0.39 is 23.6 Å². The van der Waals surface area contributed by atoms with Crippen LogP contribution >= 0.6 is 0 Å². The number of likely N-dealkylation sites (tertiary alicyclic amines) is 1. The summed E-state index contributed by atoms with van der Waals surface area (Å²) in [4.78, 5) is 30.1. The number of H-pyrrole nitrogens is 1. The van der Waals surface area contributed by atoms with Crippen molar-refractivity contribution in [2.45, 2.75) is 18.9 Å². The van der Waals surface area contributed by atoms with Gasteiger partial charge in [-0.15, -0.1) is 0 Å². The van der Waals surface area contributed by atoms with E-state index in [1.54, 1.807) is 0 Å². The second-order valence-corrected chi connectivity index (χ2v) is 6.07. The molecule has 1 aromatic heterocycles. The molecule has 6 nitrogen and oxygen atoms in total. The number of aromatic nitrogens is 1. The van der Waals surface area contributed by atoms with Gasteiger partial charge in [0.05, 0.1) is 18.1 Å². The topological polar surface area (TPSA) is 80.2 Å². The van der Waals surface area contributed by atoms with Crippen molar-refractivity contribution in [1.82, 2.24) is 14.8 Å². The minimum Gasteiger partial charge on any atom is -0.350 e. The predicted molar refractivity (Wildman–Crippen MR) is 85.5 cm³/mol. The fourth-order valence-corrected chi connectivity index (χ4v) is 3.05. The molecule has 2 amide bonds. The summed E-state index contributed by atoms with van der Waals surface area (Å²) >= 11 is 0. The van der Waals surface area contributed by atoms with Crippen molar-refractivity contribution in [3.8, 4) is 6.07 Å². The summed E-state index contributed by atoms with van der Waals surface area (Å²) in [5.41, 5.74) is 0.234. The van der Waals surface area contributed by atoms with Crippen LogP contribution in [0.5, 0.6) is 0 Å². The number of amides is 2. The third kappa shape index (κ3) is 3.18. The number of nitrogens with zero attached hydrogens (tertiary/aromatic N) is 3. The van der Waals surface area contributed by atoms with Crippen LogP contribution in [0.3, 0.4) is 0 Å². The van der Waals surface area contributed by atoms with E-state index in [1.807, 2.05) is 0 Å².